The molecular weight excluding hydrogens is 220 g/mol. The molecule has 0 saturated heterocycles. The predicted octanol–water partition coefficient (Wildman–Crippen LogP) is 1.91. The maximum absolute atomic E-state index is 11.9. The Hall–Kier alpha value is -1.16. The van der Waals surface area contributed by atoms with Gasteiger partial charge in [0.1, 0.15) is 0 Å². The van der Waals surface area contributed by atoms with Crippen molar-refractivity contribution in [2.75, 3.05) is 29.2 Å². The summed E-state index contributed by atoms with van der Waals surface area (Å²) in [6, 6.07) is 5.81. The van der Waals surface area contributed by atoms with Crippen molar-refractivity contribution >= 4 is 29.0 Å². The van der Waals surface area contributed by atoms with Crippen molar-refractivity contribution in [3.05, 3.63) is 23.8 Å². The number of anilines is 2. The highest BCUT2D eigenvalue weighted by molar-refractivity contribution is 7.99. The molecule has 1 aliphatic rings. The molecule has 1 heterocycles. The Morgan fingerprint density at radius 1 is 1.56 bits per heavy atom. The Bertz CT molecular complexity index is 406. The van der Waals surface area contributed by atoms with Gasteiger partial charge >= 0.3 is 0 Å². The van der Waals surface area contributed by atoms with Gasteiger partial charge in [0.2, 0.25) is 5.91 Å². The van der Waals surface area contributed by atoms with Gasteiger partial charge in [0, 0.05) is 17.9 Å². The van der Waals surface area contributed by atoms with Crippen molar-refractivity contribution < 1.29 is 4.79 Å². The van der Waals surface area contributed by atoms with Gasteiger partial charge in [-0.2, -0.15) is 11.8 Å². The summed E-state index contributed by atoms with van der Waals surface area (Å²) in [4.78, 5) is 13.8. The van der Waals surface area contributed by atoms with Gasteiger partial charge in [-0.1, -0.05) is 6.07 Å². The average Bonchev–Trinajstić information content (AvgIpc) is 2.29. The van der Waals surface area contributed by atoms with Crippen molar-refractivity contribution in [1.82, 2.24) is 0 Å². The van der Waals surface area contributed by atoms with Crippen molar-refractivity contribution in [2.45, 2.75) is 12.8 Å². The van der Waals surface area contributed by atoms with Crippen LogP contribution >= 0.6 is 11.8 Å². The fourth-order valence-electron chi connectivity index (χ4n) is 2.11. The fourth-order valence-corrected chi connectivity index (χ4v) is 2.51. The normalized spacial score (nSPS) is 14.7. The highest BCUT2D eigenvalue weighted by atomic mass is 32.2. The molecule has 0 radical (unpaired) electrons. The number of fused-ring (bicyclic) bond motifs is 1. The highest BCUT2D eigenvalue weighted by Crippen LogP contribution is 2.31. The van der Waals surface area contributed by atoms with Gasteiger partial charge < -0.3 is 10.6 Å². The molecule has 0 aliphatic carbocycles. The third-order valence-electron chi connectivity index (χ3n) is 2.86. The molecular formula is C12H16N2OS. The third kappa shape index (κ3) is 2.02. The summed E-state index contributed by atoms with van der Waals surface area (Å²) in [6.07, 6.45) is 3.93. The molecule has 0 spiro atoms. The minimum Gasteiger partial charge on any atom is -0.398 e. The summed E-state index contributed by atoms with van der Waals surface area (Å²) >= 11 is 1.56. The number of nitrogens with zero attached hydrogens (tertiary/aromatic N) is 1. The standard InChI is InChI=1S/C12H16N2OS/c1-16-8-12(15)14-7-3-4-9-10(13)5-2-6-11(9)14/h2,5-6H,3-4,7-8,13H2,1H3. The molecule has 1 amide bonds. The van der Waals surface area contributed by atoms with Crippen LogP contribution in [-0.4, -0.2) is 24.5 Å². The molecule has 0 bridgehead atoms. The van der Waals surface area contributed by atoms with Crippen LogP contribution in [0, 0.1) is 0 Å². The lowest BCUT2D eigenvalue weighted by molar-refractivity contribution is -0.116. The number of rotatable bonds is 2. The van der Waals surface area contributed by atoms with E-state index in [0.29, 0.717) is 5.75 Å². The topological polar surface area (TPSA) is 46.3 Å². The van der Waals surface area contributed by atoms with E-state index < -0.39 is 0 Å². The van der Waals surface area contributed by atoms with Crippen LogP contribution in [0.2, 0.25) is 0 Å². The van der Waals surface area contributed by atoms with Crippen LogP contribution in [0.25, 0.3) is 0 Å². The number of benzene rings is 1. The minimum absolute atomic E-state index is 0.180. The maximum Gasteiger partial charge on any atom is 0.236 e. The lowest BCUT2D eigenvalue weighted by atomic mass is 10.00. The number of hydrogen-bond donors (Lipinski definition) is 1. The molecule has 0 fully saturated rings. The summed E-state index contributed by atoms with van der Waals surface area (Å²) in [6.45, 7) is 0.815. The zero-order valence-electron chi connectivity index (χ0n) is 9.40. The molecule has 1 aliphatic heterocycles. The third-order valence-corrected chi connectivity index (χ3v) is 3.39. The molecule has 16 heavy (non-hydrogen) atoms. The lowest BCUT2D eigenvalue weighted by Gasteiger charge is -2.30. The first-order valence-electron chi connectivity index (χ1n) is 5.40. The summed E-state index contributed by atoms with van der Waals surface area (Å²) < 4.78 is 0. The van der Waals surface area contributed by atoms with E-state index in [4.69, 9.17) is 5.73 Å². The highest BCUT2D eigenvalue weighted by Gasteiger charge is 2.22. The Labute approximate surface area is 100.0 Å². The van der Waals surface area contributed by atoms with Gasteiger partial charge in [-0.15, -0.1) is 0 Å². The quantitative estimate of drug-likeness (QED) is 0.798. The smallest absolute Gasteiger partial charge is 0.236 e. The Morgan fingerprint density at radius 2 is 2.38 bits per heavy atom. The van der Waals surface area contributed by atoms with Crippen LogP contribution < -0.4 is 10.6 Å². The molecule has 1 aromatic carbocycles. The van der Waals surface area contributed by atoms with Crippen LogP contribution in [0.3, 0.4) is 0 Å². The van der Waals surface area contributed by atoms with Gasteiger partial charge in [0.15, 0.2) is 0 Å². The molecule has 0 aromatic heterocycles. The molecule has 3 nitrogen and oxygen atoms in total. The minimum atomic E-state index is 0.180. The van der Waals surface area contributed by atoms with Crippen molar-refractivity contribution in [3.8, 4) is 0 Å². The first-order valence-corrected chi connectivity index (χ1v) is 6.80. The van der Waals surface area contributed by atoms with Crippen molar-refractivity contribution in [3.63, 3.8) is 0 Å². The summed E-state index contributed by atoms with van der Waals surface area (Å²) in [5.41, 5.74) is 8.87. The monoisotopic (exact) mass is 236 g/mol. The Kier molecular flexibility index (Phi) is 3.39. The van der Waals surface area contributed by atoms with Crippen LogP contribution in [0.1, 0.15) is 12.0 Å². The average molecular weight is 236 g/mol. The summed E-state index contributed by atoms with van der Waals surface area (Å²) in [5, 5.41) is 0. The second-order valence-electron chi connectivity index (χ2n) is 3.93. The SMILES string of the molecule is CSCC(=O)N1CCCc2c(N)cccc21. The van der Waals surface area contributed by atoms with E-state index in [2.05, 4.69) is 0 Å². The van der Waals surface area contributed by atoms with E-state index in [1.54, 1.807) is 11.8 Å². The molecule has 2 rings (SSSR count). The zero-order chi connectivity index (χ0) is 11.5. The van der Waals surface area contributed by atoms with Crippen LogP contribution in [0.15, 0.2) is 18.2 Å². The lowest BCUT2D eigenvalue weighted by Crippen LogP contribution is -2.36. The van der Waals surface area contributed by atoms with E-state index in [9.17, 15) is 4.79 Å². The van der Waals surface area contributed by atoms with Gasteiger partial charge in [-0.3, -0.25) is 4.79 Å². The van der Waals surface area contributed by atoms with E-state index in [1.165, 1.54) is 0 Å². The van der Waals surface area contributed by atoms with Gasteiger partial charge in [0.25, 0.3) is 0 Å². The Balaban J connectivity index is 2.33. The molecule has 86 valence electrons. The molecule has 0 atom stereocenters. The van der Waals surface area contributed by atoms with E-state index in [0.717, 1.165) is 36.3 Å². The van der Waals surface area contributed by atoms with Crippen LogP contribution in [-0.2, 0) is 11.2 Å². The number of hydrogen-bond acceptors (Lipinski definition) is 3. The van der Waals surface area contributed by atoms with Crippen LogP contribution in [0.4, 0.5) is 11.4 Å². The zero-order valence-corrected chi connectivity index (χ0v) is 10.2. The number of carbonyl (C=O) groups excluding carboxylic acids is 1. The predicted molar refractivity (Wildman–Crippen MR) is 69.9 cm³/mol. The van der Waals surface area contributed by atoms with E-state index >= 15 is 0 Å². The summed E-state index contributed by atoms with van der Waals surface area (Å²) in [7, 11) is 0. The first-order chi connectivity index (χ1) is 7.74. The number of nitrogen functional groups attached to an aromatic ring is 1. The largest absolute Gasteiger partial charge is 0.398 e. The number of thioether (sulfide) groups is 1. The summed E-state index contributed by atoms with van der Waals surface area (Å²) in [5.74, 6) is 0.716. The van der Waals surface area contributed by atoms with E-state index in [-0.39, 0.29) is 5.91 Å². The molecule has 0 saturated carbocycles. The first kappa shape index (κ1) is 11.3. The number of nitrogens with two attached hydrogens (primary N) is 1. The van der Waals surface area contributed by atoms with Crippen molar-refractivity contribution in [1.29, 1.82) is 0 Å². The number of amides is 1. The van der Waals surface area contributed by atoms with Crippen molar-refractivity contribution in [2.24, 2.45) is 0 Å². The maximum atomic E-state index is 11.9. The van der Waals surface area contributed by atoms with Gasteiger partial charge in [-0.05, 0) is 36.8 Å². The fraction of sp³-hybridized carbons (Fsp3) is 0.417. The van der Waals surface area contributed by atoms with Crippen LogP contribution in [0.5, 0.6) is 0 Å². The van der Waals surface area contributed by atoms with Gasteiger partial charge in [0.05, 0.1) is 5.75 Å². The van der Waals surface area contributed by atoms with E-state index in [1.807, 2.05) is 29.4 Å². The second-order valence-corrected chi connectivity index (χ2v) is 4.79. The van der Waals surface area contributed by atoms with Gasteiger partial charge in [-0.25, -0.2) is 0 Å². The molecule has 2 N–H and O–H groups in total. The Morgan fingerprint density at radius 3 is 3.12 bits per heavy atom. The molecule has 0 unspecified atom stereocenters. The molecule has 1 aromatic rings. The molecule has 4 heteroatoms. The second kappa shape index (κ2) is 4.78. The number of carbonyl (C=O) groups is 1.